The number of pyridine rings is 1. The number of phenolic OH excluding ortho intramolecular Hbond substituents is 1. The first kappa shape index (κ1) is 18.6. The number of fused-ring (bicyclic) bond motifs is 1. The summed E-state index contributed by atoms with van der Waals surface area (Å²) in [5.41, 5.74) is 3.30. The van der Waals surface area contributed by atoms with Gasteiger partial charge in [-0.2, -0.15) is 0 Å². The number of methoxy groups -OCH3 is 1. The Morgan fingerprint density at radius 1 is 1.10 bits per heavy atom. The van der Waals surface area contributed by atoms with Crippen LogP contribution in [-0.4, -0.2) is 36.6 Å². The van der Waals surface area contributed by atoms with Crippen LogP contribution in [0, 0.1) is 0 Å². The van der Waals surface area contributed by atoms with E-state index in [1.807, 2.05) is 36.4 Å². The van der Waals surface area contributed by atoms with Crippen molar-refractivity contribution in [3.63, 3.8) is 0 Å². The Balaban J connectivity index is 1.68. The van der Waals surface area contributed by atoms with Gasteiger partial charge >= 0.3 is 0 Å². The highest BCUT2D eigenvalue weighted by Gasteiger charge is 2.25. The third-order valence-corrected chi connectivity index (χ3v) is 5.85. The SMILES string of the molecule is COc1ccc(-c2cc(-c3cccc4c3OCO4)cc(N3CCCC3C)n2)c(O)c1. The number of para-hydroxylation sites is 1. The van der Waals surface area contributed by atoms with Crippen molar-refractivity contribution in [2.45, 2.75) is 25.8 Å². The molecule has 1 fully saturated rings. The third-order valence-electron chi connectivity index (χ3n) is 5.85. The molecule has 2 aromatic carbocycles. The molecule has 2 aliphatic heterocycles. The van der Waals surface area contributed by atoms with Gasteiger partial charge in [0.1, 0.15) is 17.3 Å². The zero-order valence-corrected chi connectivity index (χ0v) is 17.1. The van der Waals surface area contributed by atoms with Crippen molar-refractivity contribution in [1.82, 2.24) is 4.98 Å². The Morgan fingerprint density at radius 2 is 2.00 bits per heavy atom. The smallest absolute Gasteiger partial charge is 0.231 e. The van der Waals surface area contributed by atoms with Crippen molar-refractivity contribution in [3.05, 3.63) is 48.5 Å². The number of aromatic nitrogens is 1. The van der Waals surface area contributed by atoms with E-state index >= 15 is 0 Å². The molecule has 0 bridgehead atoms. The number of hydrogen-bond donors (Lipinski definition) is 1. The van der Waals surface area contributed by atoms with E-state index in [2.05, 4.69) is 17.9 Å². The molecular formula is C24H24N2O4. The van der Waals surface area contributed by atoms with Crippen LogP contribution in [0.25, 0.3) is 22.4 Å². The summed E-state index contributed by atoms with van der Waals surface area (Å²) in [5.74, 6) is 3.13. The van der Waals surface area contributed by atoms with Gasteiger partial charge in [-0.3, -0.25) is 0 Å². The van der Waals surface area contributed by atoms with E-state index in [4.69, 9.17) is 19.2 Å². The van der Waals surface area contributed by atoms with Crippen LogP contribution >= 0.6 is 0 Å². The molecule has 1 unspecified atom stereocenters. The van der Waals surface area contributed by atoms with Crippen LogP contribution in [0.15, 0.2) is 48.5 Å². The molecule has 0 radical (unpaired) electrons. The quantitative estimate of drug-likeness (QED) is 0.671. The fourth-order valence-corrected chi connectivity index (χ4v) is 4.24. The minimum Gasteiger partial charge on any atom is -0.507 e. The summed E-state index contributed by atoms with van der Waals surface area (Å²) in [7, 11) is 1.58. The van der Waals surface area contributed by atoms with Gasteiger partial charge in [-0.1, -0.05) is 12.1 Å². The number of hydrogen-bond acceptors (Lipinski definition) is 6. The summed E-state index contributed by atoms with van der Waals surface area (Å²) in [4.78, 5) is 7.25. The van der Waals surface area contributed by atoms with Gasteiger partial charge in [0, 0.05) is 29.8 Å². The van der Waals surface area contributed by atoms with Gasteiger partial charge in [-0.15, -0.1) is 0 Å². The van der Waals surface area contributed by atoms with Gasteiger partial charge in [0.25, 0.3) is 0 Å². The maximum absolute atomic E-state index is 10.6. The zero-order chi connectivity index (χ0) is 20.7. The number of phenols is 1. The minimum atomic E-state index is 0.136. The number of benzene rings is 2. The molecule has 0 spiro atoms. The fourth-order valence-electron chi connectivity index (χ4n) is 4.24. The second-order valence-electron chi connectivity index (χ2n) is 7.71. The lowest BCUT2D eigenvalue weighted by molar-refractivity contribution is 0.174. The zero-order valence-electron chi connectivity index (χ0n) is 17.1. The van der Waals surface area contributed by atoms with Crippen LogP contribution < -0.4 is 19.1 Å². The summed E-state index contributed by atoms with van der Waals surface area (Å²) < 4.78 is 16.5. The molecule has 5 rings (SSSR count). The minimum absolute atomic E-state index is 0.136. The standard InChI is InChI=1S/C24H24N2O4/c1-15-5-4-10-26(15)23-12-16(18-6-3-7-22-24(18)30-14-29-22)11-20(25-23)19-9-8-17(28-2)13-21(19)27/h3,6-9,11-13,15,27H,4-5,10,14H2,1-2H3. The van der Waals surface area contributed by atoms with E-state index in [0.717, 1.165) is 47.8 Å². The Morgan fingerprint density at radius 3 is 2.77 bits per heavy atom. The van der Waals surface area contributed by atoms with E-state index in [-0.39, 0.29) is 12.5 Å². The summed E-state index contributed by atoms with van der Waals surface area (Å²) in [6.45, 7) is 3.42. The Hall–Kier alpha value is -3.41. The maximum Gasteiger partial charge on any atom is 0.231 e. The number of nitrogens with zero attached hydrogens (tertiary/aromatic N) is 2. The Kier molecular flexibility index (Phi) is 4.62. The Bertz CT molecular complexity index is 1100. The largest absolute Gasteiger partial charge is 0.507 e. The molecule has 2 aliphatic rings. The maximum atomic E-state index is 10.6. The van der Waals surface area contributed by atoms with Crippen molar-refractivity contribution < 1.29 is 19.3 Å². The van der Waals surface area contributed by atoms with Crippen molar-refractivity contribution in [2.24, 2.45) is 0 Å². The van der Waals surface area contributed by atoms with Gasteiger partial charge in [-0.25, -0.2) is 4.98 Å². The van der Waals surface area contributed by atoms with Crippen molar-refractivity contribution in [3.8, 4) is 45.4 Å². The van der Waals surface area contributed by atoms with Crippen LogP contribution in [0.1, 0.15) is 19.8 Å². The second kappa shape index (κ2) is 7.44. The molecular weight excluding hydrogens is 380 g/mol. The number of aromatic hydroxyl groups is 1. The molecule has 6 heteroatoms. The third kappa shape index (κ3) is 3.18. The van der Waals surface area contributed by atoms with E-state index < -0.39 is 0 Å². The highest BCUT2D eigenvalue weighted by Crippen LogP contribution is 2.43. The molecule has 0 amide bonds. The molecule has 1 saturated heterocycles. The van der Waals surface area contributed by atoms with E-state index in [1.165, 1.54) is 0 Å². The molecule has 6 nitrogen and oxygen atoms in total. The highest BCUT2D eigenvalue weighted by atomic mass is 16.7. The van der Waals surface area contributed by atoms with E-state index in [0.29, 0.717) is 23.0 Å². The molecule has 3 heterocycles. The molecule has 1 atom stereocenters. The summed E-state index contributed by atoms with van der Waals surface area (Å²) in [6, 6.07) is 15.7. The van der Waals surface area contributed by atoms with Crippen molar-refractivity contribution in [1.29, 1.82) is 0 Å². The van der Waals surface area contributed by atoms with Crippen LogP contribution in [0.2, 0.25) is 0 Å². The molecule has 0 saturated carbocycles. The lowest BCUT2D eigenvalue weighted by atomic mass is 10.0. The van der Waals surface area contributed by atoms with Gasteiger partial charge in [0.15, 0.2) is 11.5 Å². The molecule has 3 aromatic rings. The normalized spacial score (nSPS) is 17.4. The molecule has 30 heavy (non-hydrogen) atoms. The average molecular weight is 404 g/mol. The predicted octanol–water partition coefficient (Wildman–Crippen LogP) is 4.85. The van der Waals surface area contributed by atoms with Crippen LogP contribution in [0.5, 0.6) is 23.0 Å². The first-order valence-corrected chi connectivity index (χ1v) is 10.2. The number of anilines is 1. The van der Waals surface area contributed by atoms with Crippen LogP contribution in [0.3, 0.4) is 0 Å². The highest BCUT2D eigenvalue weighted by molar-refractivity contribution is 5.81. The van der Waals surface area contributed by atoms with Crippen LogP contribution in [-0.2, 0) is 0 Å². The lowest BCUT2D eigenvalue weighted by Crippen LogP contribution is -2.27. The van der Waals surface area contributed by atoms with E-state index in [9.17, 15) is 5.11 Å². The monoisotopic (exact) mass is 404 g/mol. The van der Waals surface area contributed by atoms with Gasteiger partial charge in [-0.05, 0) is 55.7 Å². The Labute approximate surface area is 175 Å². The molecule has 0 aliphatic carbocycles. The first-order valence-electron chi connectivity index (χ1n) is 10.2. The van der Waals surface area contributed by atoms with Gasteiger partial charge in [0.2, 0.25) is 6.79 Å². The van der Waals surface area contributed by atoms with Gasteiger partial charge < -0.3 is 24.2 Å². The van der Waals surface area contributed by atoms with Crippen molar-refractivity contribution >= 4 is 5.82 Å². The van der Waals surface area contributed by atoms with Crippen molar-refractivity contribution in [2.75, 3.05) is 25.3 Å². The predicted molar refractivity (Wildman–Crippen MR) is 115 cm³/mol. The molecule has 154 valence electrons. The summed E-state index contributed by atoms with van der Waals surface area (Å²) >= 11 is 0. The summed E-state index contributed by atoms with van der Waals surface area (Å²) in [6.07, 6.45) is 2.29. The number of rotatable bonds is 4. The fraction of sp³-hybridized carbons (Fsp3) is 0.292. The van der Waals surface area contributed by atoms with Crippen LogP contribution in [0.4, 0.5) is 5.82 Å². The first-order chi connectivity index (χ1) is 14.6. The van der Waals surface area contributed by atoms with E-state index in [1.54, 1.807) is 13.2 Å². The topological polar surface area (TPSA) is 64.0 Å². The molecule has 1 N–H and O–H groups in total. The average Bonchev–Trinajstić information content (AvgIpc) is 3.41. The second-order valence-corrected chi connectivity index (χ2v) is 7.71. The number of ether oxygens (including phenoxy) is 3. The molecule has 1 aromatic heterocycles. The van der Waals surface area contributed by atoms with Gasteiger partial charge in [0.05, 0.1) is 12.8 Å². The lowest BCUT2D eigenvalue weighted by Gasteiger charge is -2.24. The summed E-state index contributed by atoms with van der Waals surface area (Å²) in [5, 5.41) is 10.6.